The number of hydrogen-bond acceptors (Lipinski definition) is 6. The Morgan fingerprint density at radius 3 is 2.52 bits per heavy atom. The molecule has 0 bridgehead atoms. The average molecular weight is 419 g/mol. The van der Waals surface area contributed by atoms with Gasteiger partial charge in [-0.25, -0.2) is 0 Å². The zero-order chi connectivity index (χ0) is 21.0. The molecule has 0 aliphatic heterocycles. The van der Waals surface area contributed by atoms with Crippen molar-refractivity contribution in [3.63, 3.8) is 0 Å². The maximum atomic E-state index is 12.6. The molecule has 0 amide bonds. The highest BCUT2D eigenvalue weighted by atomic mass is 35.5. The van der Waals surface area contributed by atoms with Crippen molar-refractivity contribution >= 4 is 28.5 Å². The van der Waals surface area contributed by atoms with E-state index in [4.69, 9.17) is 35.3 Å². The maximum absolute atomic E-state index is 12.6. The first-order valence-corrected chi connectivity index (χ1v) is 9.15. The summed E-state index contributed by atoms with van der Waals surface area (Å²) in [6, 6.07) is 9.53. The van der Waals surface area contributed by atoms with E-state index in [-0.39, 0.29) is 29.8 Å². The second-order valence-corrected chi connectivity index (χ2v) is 6.55. The van der Waals surface area contributed by atoms with Crippen molar-refractivity contribution in [1.29, 1.82) is 0 Å². The quantitative estimate of drug-likeness (QED) is 0.542. The third-order valence-corrected chi connectivity index (χ3v) is 4.55. The van der Waals surface area contributed by atoms with E-state index in [1.54, 1.807) is 30.3 Å². The van der Waals surface area contributed by atoms with Gasteiger partial charge < -0.3 is 23.7 Å². The smallest absolute Gasteiger partial charge is 0.303 e. The molecule has 3 rings (SSSR count). The van der Waals surface area contributed by atoms with E-state index in [9.17, 15) is 9.59 Å². The van der Waals surface area contributed by atoms with Crippen LogP contribution < -0.4 is 19.6 Å². The van der Waals surface area contributed by atoms with Gasteiger partial charge in [0.15, 0.2) is 22.5 Å². The van der Waals surface area contributed by atoms with Crippen molar-refractivity contribution in [1.82, 2.24) is 0 Å². The van der Waals surface area contributed by atoms with Crippen LogP contribution in [0.3, 0.4) is 0 Å². The van der Waals surface area contributed by atoms with Crippen molar-refractivity contribution < 1.29 is 28.5 Å². The summed E-state index contributed by atoms with van der Waals surface area (Å²) in [6.45, 7) is 0.160. The van der Waals surface area contributed by atoms with E-state index < -0.39 is 5.97 Å². The van der Waals surface area contributed by atoms with Crippen LogP contribution in [-0.2, 0) is 4.79 Å². The molecular formula is C21H19ClO7. The molecule has 0 unspecified atom stereocenters. The molecule has 3 aromatic rings. The number of ether oxygens (including phenoxy) is 3. The van der Waals surface area contributed by atoms with E-state index >= 15 is 0 Å². The molecular weight excluding hydrogens is 400 g/mol. The number of rotatable bonds is 8. The zero-order valence-electron chi connectivity index (χ0n) is 15.9. The Balaban J connectivity index is 2.11. The highest BCUT2D eigenvalue weighted by Crippen LogP contribution is 2.41. The van der Waals surface area contributed by atoms with Gasteiger partial charge >= 0.3 is 5.97 Å². The predicted octanol–water partition coefficient (Wildman–Crippen LogP) is 4.37. The Morgan fingerprint density at radius 2 is 1.83 bits per heavy atom. The molecule has 0 atom stereocenters. The average Bonchev–Trinajstić information content (AvgIpc) is 2.71. The van der Waals surface area contributed by atoms with Gasteiger partial charge in [0.1, 0.15) is 11.5 Å². The normalized spacial score (nSPS) is 10.7. The number of halogens is 1. The molecule has 0 saturated carbocycles. The summed E-state index contributed by atoms with van der Waals surface area (Å²) < 4.78 is 22.3. The summed E-state index contributed by atoms with van der Waals surface area (Å²) in [7, 11) is 2.98. The summed E-state index contributed by atoms with van der Waals surface area (Å²) >= 11 is 6.20. The Bertz CT molecular complexity index is 1100. The molecule has 0 aliphatic rings. The summed E-state index contributed by atoms with van der Waals surface area (Å²) in [4.78, 5) is 23.3. The second-order valence-electron chi connectivity index (χ2n) is 6.14. The first kappa shape index (κ1) is 20.5. The van der Waals surface area contributed by atoms with Crippen molar-refractivity contribution in [3.8, 4) is 28.6 Å². The lowest BCUT2D eigenvalue weighted by Gasteiger charge is -2.15. The van der Waals surface area contributed by atoms with Gasteiger partial charge in [-0.1, -0.05) is 17.7 Å². The zero-order valence-corrected chi connectivity index (χ0v) is 16.6. The Morgan fingerprint density at radius 1 is 1.10 bits per heavy atom. The van der Waals surface area contributed by atoms with Gasteiger partial charge in [0.2, 0.25) is 0 Å². The number of aliphatic carboxylic acids is 1. The van der Waals surface area contributed by atoms with Crippen molar-refractivity contribution in [3.05, 3.63) is 51.6 Å². The van der Waals surface area contributed by atoms with E-state index in [1.165, 1.54) is 20.3 Å². The van der Waals surface area contributed by atoms with E-state index in [2.05, 4.69) is 0 Å². The molecule has 0 spiro atoms. The molecule has 8 heteroatoms. The summed E-state index contributed by atoms with van der Waals surface area (Å²) in [5.41, 5.74) is 0.468. The molecule has 0 aliphatic carbocycles. The number of fused-ring (bicyclic) bond motifs is 1. The minimum atomic E-state index is -0.906. The van der Waals surface area contributed by atoms with Crippen LogP contribution in [0.5, 0.6) is 17.2 Å². The fourth-order valence-corrected chi connectivity index (χ4v) is 3.07. The molecule has 1 heterocycles. The molecule has 7 nitrogen and oxygen atoms in total. The molecule has 0 radical (unpaired) electrons. The molecule has 0 fully saturated rings. The lowest BCUT2D eigenvalue weighted by molar-refractivity contribution is -0.137. The minimum Gasteiger partial charge on any atom is -0.493 e. The summed E-state index contributed by atoms with van der Waals surface area (Å²) in [5.74, 6) is 0.539. The molecule has 152 valence electrons. The topological polar surface area (TPSA) is 95.2 Å². The molecule has 2 aromatic carbocycles. The lowest BCUT2D eigenvalue weighted by atomic mass is 10.1. The fraction of sp³-hybridized carbons (Fsp3) is 0.238. The lowest BCUT2D eigenvalue weighted by Crippen LogP contribution is -2.05. The second kappa shape index (κ2) is 8.87. The van der Waals surface area contributed by atoms with Gasteiger partial charge in [-0.05, 0) is 24.6 Å². The summed E-state index contributed by atoms with van der Waals surface area (Å²) in [5, 5.41) is 9.47. The number of para-hydroxylation sites is 1. The molecule has 1 aromatic heterocycles. The van der Waals surface area contributed by atoms with Crippen LogP contribution in [0.15, 0.2) is 45.6 Å². The largest absolute Gasteiger partial charge is 0.493 e. The number of carboxylic acid groups (broad SMARTS) is 1. The third kappa shape index (κ3) is 4.46. The van der Waals surface area contributed by atoms with E-state index in [0.717, 1.165) is 0 Å². The van der Waals surface area contributed by atoms with Crippen LogP contribution >= 0.6 is 11.6 Å². The standard InChI is InChI=1S/C21H19ClO7/c1-26-18-9-13(16(11-19(18)27-2)28-8-4-7-20(24)25)17-10-15(23)12-5-3-6-14(22)21(12)29-17/h3,5-6,9-11H,4,7-8H2,1-2H3,(H,24,25). The fourth-order valence-electron chi connectivity index (χ4n) is 2.85. The minimum absolute atomic E-state index is 0.0245. The van der Waals surface area contributed by atoms with Crippen LogP contribution in [0.1, 0.15) is 12.8 Å². The van der Waals surface area contributed by atoms with Gasteiger partial charge in [-0.15, -0.1) is 0 Å². The highest BCUT2D eigenvalue weighted by Gasteiger charge is 2.18. The van der Waals surface area contributed by atoms with Gasteiger partial charge in [0.25, 0.3) is 0 Å². The van der Waals surface area contributed by atoms with Crippen LogP contribution in [0.25, 0.3) is 22.3 Å². The van der Waals surface area contributed by atoms with Crippen molar-refractivity contribution in [2.75, 3.05) is 20.8 Å². The van der Waals surface area contributed by atoms with Crippen LogP contribution in [0, 0.1) is 0 Å². The van der Waals surface area contributed by atoms with Gasteiger partial charge in [0, 0.05) is 18.6 Å². The monoisotopic (exact) mass is 418 g/mol. The van der Waals surface area contributed by atoms with Gasteiger partial charge in [-0.2, -0.15) is 0 Å². The van der Waals surface area contributed by atoms with E-state index in [0.29, 0.717) is 39.6 Å². The van der Waals surface area contributed by atoms with Crippen LogP contribution in [0.4, 0.5) is 0 Å². The molecule has 1 N–H and O–H groups in total. The number of methoxy groups -OCH3 is 2. The number of carbonyl (C=O) groups is 1. The van der Waals surface area contributed by atoms with Gasteiger partial charge in [-0.3, -0.25) is 9.59 Å². The molecule has 29 heavy (non-hydrogen) atoms. The number of hydrogen-bond donors (Lipinski definition) is 1. The first-order valence-electron chi connectivity index (χ1n) is 8.78. The highest BCUT2D eigenvalue weighted by molar-refractivity contribution is 6.34. The number of benzene rings is 2. The van der Waals surface area contributed by atoms with Crippen molar-refractivity contribution in [2.45, 2.75) is 12.8 Å². The first-order chi connectivity index (χ1) is 13.9. The SMILES string of the molecule is COc1cc(OCCCC(=O)O)c(-c2cc(=O)c3cccc(Cl)c3o2)cc1OC. The van der Waals surface area contributed by atoms with Gasteiger partial charge in [0.05, 0.1) is 36.8 Å². The predicted molar refractivity (Wildman–Crippen MR) is 108 cm³/mol. The van der Waals surface area contributed by atoms with Crippen LogP contribution in [-0.4, -0.2) is 31.9 Å². The Hall–Kier alpha value is -3.19. The Labute approximate surface area is 171 Å². The molecule has 0 saturated heterocycles. The third-order valence-electron chi connectivity index (χ3n) is 4.25. The van der Waals surface area contributed by atoms with Crippen LogP contribution in [0.2, 0.25) is 5.02 Å². The summed E-state index contributed by atoms with van der Waals surface area (Å²) in [6.07, 6.45) is 0.292. The number of carboxylic acids is 1. The van der Waals surface area contributed by atoms with Crippen molar-refractivity contribution in [2.24, 2.45) is 0 Å². The maximum Gasteiger partial charge on any atom is 0.303 e. The van der Waals surface area contributed by atoms with E-state index in [1.807, 2.05) is 0 Å². The Kier molecular flexibility index (Phi) is 6.29.